The van der Waals surface area contributed by atoms with Crippen molar-refractivity contribution in [2.24, 2.45) is 0 Å². The summed E-state index contributed by atoms with van der Waals surface area (Å²) in [5, 5.41) is 20.0. The molecule has 1 unspecified atom stereocenters. The van der Waals surface area contributed by atoms with Crippen LogP contribution in [-0.2, 0) is 19.5 Å². The quantitative estimate of drug-likeness (QED) is 0.172. The number of Topliss-reactive ketones (excluding diaryl/α,β-unsaturated/α-hetero) is 1. The smallest absolute Gasteiger partial charge is 0.382 e. The number of carbonyl (C=O) groups is 1. The Hall–Kier alpha value is -3.88. The van der Waals surface area contributed by atoms with Crippen LogP contribution in [0.4, 0.5) is 17.6 Å². The molecule has 0 amide bonds. The summed E-state index contributed by atoms with van der Waals surface area (Å²) in [5.41, 5.74) is 3.73. The molecule has 5 aromatic rings. The summed E-state index contributed by atoms with van der Waals surface area (Å²) in [4.78, 5) is 21.7. The lowest BCUT2D eigenvalue weighted by molar-refractivity contribution is -0.201. The van der Waals surface area contributed by atoms with Crippen molar-refractivity contribution in [3.05, 3.63) is 82.3 Å². The normalized spacial score (nSPS) is 14.7. The molecule has 0 aromatic carbocycles. The van der Waals surface area contributed by atoms with Crippen LogP contribution >= 0.6 is 11.6 Å². The van der Waals surface area contributed by atoms with Gasteiger partial charge in [-0.2, -0.15) is 13.2 Å². The molecule has 1 aliphatic rings. The average Bonchev–Trinajstić information content (AvgIpc) is 3.34. The van der Waals surface area contributed by atoms with Gasteiger partial charge in [0.25, 0.3) is 0 Å². The number of halogens is 5. The Kier molecular flexibility index (Phi) is 7.45. The summed E-state index contributed by atoms with van der Waals surface area (Å²) in [6.07, 6.45) is 3.48. The zero-order chi connectivity index (χ0) is 29.6. The van der Waals surface area contributed by atoms with Crippen LogP contribution in [0, 0.1) is 5.82 Å². The second-order valence-electron chi connectivity index (χ2n) is 10.4. The molecular formula is C27H25ClF4N8O2. The fraction of sp³-hybridized carbons (Fsp3) is 0.370. The largest absolute Gasteiger partial charge is 0.415 e. The number of fused-ring (bicyclic) bond motifs is 2. The van der Waals surface area contributed by atoms with Gasteiger partial charge in [0.1, 0.15) is 16.9 Å². The first kappa shape index (κ1) is 28.2. The fourth-order valence-corrected chi connectivity index (χ4v) is 4.99. The number of aromatic nitrogens is 7. The Labute approximate surface area is 240 Å². The second kappa shape index (κ2) is 11.1. The maximum absolute atomic E-state index is 14.5. The van der Waals surface area contributed by atoms with Gasteiger partial charge in [-0.3, -0.25) is 4.79 Å². The number of nitrogens with one attached hydrogen (secondary N) is 1. The van der Waals surface area contributed by atoms with Crippen molar-refractivity contribution in [3.63, 3.8) is 0 Å². The molecule has 10 nitrogen and oxygen atoms in total. The summed E-state index contributed by atoms with van der Waals surface area (Å²) in [6, 6.07) is 3.36. The predicted molar refractivity (Wildman–Crippen MR) is 143 cm³/mol. The first-order chi connectivity index (χ1) is 20.1. The third kappa shape index (κ3) is 5.87. The van der Waals surface area contributed by atoms with Gasteiger partial charge in [-0.15, -0.1) is 5.10 Å². The molecule has 1 aliphatic carbocycles. The monoisotopic (exact) mass is 604 g/mol. The van der Waals surface area contributed by atoms with Crippen LogP contribution in [-0.4, -0.2) is 63.5 Å². The summed E-state index contributed by atoms with van der Waals surface area (Å²) in [7, 11) is 0. The fourth-order valence-electron chi connectivity index (χ4n) is 4.85. The van der Waals surface area contributed by atoms with Gasteiger partial charge in [0.15, 0.2) is 17.7 Å². The molecule has 5 heterocycles. The van der Waals surface area contributed by atoms with Gasteiger partial charge in [-0.1, -0.05) is 16.8 Å². The number of imidazole rings is 2. The molecule has 2 N–H and O–H groups in total. The molecule has 220 valence electrons. The van der Waals surface area contributed by atoms with E-state index in [0.29, 0.717) is 28.5 Å². The Morgan fingerprint density at radius 2 is 2.02 bits per heavy atom. The minimum atomic E-state index is -4.70. The maximum atomic E-state index is 14.5. The lowest BCUT2D eigenvalue weighted by atomic mass is 10.1. The number of aliphatic hydroxyl groups is 1. The first-order valence-electron chi connectivity index (χ1n) is 13.3. The van der Waals surface area contributed by atoms with Crippen LogP contribution in [0.1, 0.15) is 58.2 Å². The lowest BCUT2D eigenvalue weighted by Gasteiger charge is -2.15. The van der Waals surface area contributed by atoms with Crippen LogP contribution < -0.4 is 5.32 Å². The Bertz CT molecular complexity index is 1780. The number of pyridine rings is 2. The third-order valence-corrected chi connectivity index (χ3v) is 7.48. The minimum Gasteiger partial charge on any atom is -0.382 e. The summed E-state index contributed by atoms with van der Waals surface area (Å²) in [5.74, 6) is -0.486. The number of rotatable bonds is 11. The van der Waals surface area contributed by atoms with E-state index < -0.39 is 24.6 Å². The molecule has 0 aliphatic heterocycles. The van der Waals surface area contributed by atoms with Crippen molar-refractivity contribution >= 4 is 28.5 Å². The molecule has 0 radical (unpaired) electrons. The van der Waals surface area contributed by atoms with E-state index in [0.717, 1.165) is 18.4 Å². The first-order valence-corrected chi connectivity index (χ1v) is 13.6. The third-order valence-electron chi connectivity index (χ3n) is 7.18. The van der Waals surface area contributed by atoms with Gasteiger partial charge >= 0.3 is 6.18 Å². The zero-order valence-electron chi connectivity index (χ0n) is 22.0. The number of carbonyl (C=O) groups excluding carboxylic acids is 1. The highest BCUT2D eigenvalue weighted by Crippen LogP contribution is 2.40. The van der Waals surface area contributed by atoms with Gasteiger partial charge in [-0.25, -0.2) is 19.0 Å². The second-order valence-corrected chi connectivity index (χ2v) is 10.8. The van der Waals surface area contributed by atoms with Crippen molar-refractivity contribution in [2.75, 3.05) is 6.54 Å². The number of alkyl halides is 3. The molecule has 5 aromatic heterocycles. The Balaban J connectivity index is 1.14. The molecule has 0 spiro atoms. The van der Waals surface area contributed by atoms with Crippen molar-refractivity contribution in [1.29, 1.82) is 0 Å². The van der Waals surface area contributed by atoms with E-state index in [1.54, 1.807) is 6.20 Å². The molecule has 1 fully saturated rings. The Morgan fingerprint density at radius 3 is 2.79 bits per heavy atom. The van der Waals surface area contributed by atoms with E-state index in [-0.39, 0.29) is 47.9 Å². The molecular weight excluding hydrogens is 580 g/mol. The van der Waals surface area contributed by atoms with E-state index >= 15 is 0 Å². The van der Waals surface area contributed by atoms with E-state index in [1.165, 1.54) is 27.7 Å². The standard InChI is InChI=1S/C27H25ClF4N8O2/c28-19-5-6-38-14-34-20(25(38)24(19)29)3-4-22(41)21-13-40(37-36-21)12-18-11-39-10-17(15-1-2-15)7-16(26(39)35-18)8-33-9-23(42)27(30,31)32/h5-7,10-11,13-15,23,33,42H,1-4,8-9,12H2. The van der Waals surface area contributed by atoms with Gasteiger partial charge in [0.2, 0.25) is 0 Å². The van der Waals surface area contributed by atoms with Gasteiger partial charge in [0.05, 0.1) is 35.5 Å². The Morgan fingerprint density at radius 1 is 1.21 bits per heavy atom. The van der Waals surface area contributed by atoms with Crippen molar-refractivity contribution in [3.8, 4) is 0 Å². The van der Waals surface area contributed by atoms with Crippen LogP contribution in [0.2, 0.25) is 5.02 Å². The number of hydrogen-bond donors (Lipinski definition) is 2. The van der Waals surface area contributed by atoms with Gasteiger partial charge in [-0.05, 0) is 42.9 Å². The van der Waals surface area contributed by atoms with Crippen LogP contribution in [0.25, 0.3) is 11.2 Å². The van der Waals surface area contributed by atoms with Crippen molar-refractivity contribution in [1.82, 2.24) is 39.1 Å². The van der Waals surface area contributed by atoms with E-state index in [1.807, 2.05) is 22.9 Å². The molecule has 1 atom stereocenters. The number of hydrogen-bond acceptors (Lipinski definition) is 7. The maximum Gasteiger partial charge on any atom is 0.415 e. The highest BCUT2D eigenvalue weighted by atomic mass is 35.5. The number of aryl methyl sites for hydroxylation is 1. The summed E-state index contributed by atoms with van der Waals surface area (Å²) in [6.45, 7) is -0.334. The minimum absolute atomic E-state index is 0.0298. The van der Waals surface area contributed by atoms with Gasteiger partial charge < -0.3 is 19.2 Å². The summed E-state index contributed by atoms with van der Waals surface area (Å²) < 4.78 is 57.4. The lowest BCUT2D eigenvalue weighted by Crippen LogP contribution is -2.38. The van der Waals surface area contributed by atoms with Gasteiger partial charge in [0, 0.05) is 43.7 Å². The topological polar surface area (TPSA) is 115 Å². The van der Waals surface area contributed by atoms with Crippen molar-refractivity contribution < 1.29 is 27.5 Å². The number of ketones is 1. The molecule has 0 saturated heterocycles. The predicted octanol–water partition coefficient (Wildman–Crippen LogP) is 4.12. The van der Waals surface area contributed by atoms with Crippen molar-refractivity contribution in [2.45, 2.75) is 57.0 Å². The molecule has 42 heavy (non-hydrogen) atoms. The van der Waals surface area contributed by atoms with E-state index in [9.17, 15) is 27.5 Å². The SMILES string of the molecule is O=C(CCc1ncn2ccc(Cl)c(F)c12)c1cn(Cc2cn3cc(C4CC4)cc(CNCC(O)C(F)(F)F)c3n2)nn1. The summed E-state index contributed by atoms with van der Waals surface area (Å²) >= 11 is 5.89. The highest BCUT2D eigenvalue weighted by molar-refractivity contribution is 6.31. The number of aliphatic hydroxyl groups excluding tert-OH is 1. The van der Waals surface area contributed by atoms with E-state index in [4.69, 9.17) is 11.6 Å². The highest BCUT2D eigenvalue weighted by Gasteiger charge is 2.37. The van der Waals surface area contributed by atoms with Crippen LogP contribution in [0.15, 0.2) is 43.2 Å². The molecule has 0 bridgehead atoms. The van der Waals surface area contributed by atoms with Crippen LogP contribution in [0.5, 0.6) is 0 Å². The average molecular weight is 605 g/mol. The molecule has 6 rings (SSSR count). The van der Waals surface area contributed by atoms with Crippen LogP contribution in [0.3, 0.4) is 0 Å². The zero-order valence-corrected chi connectivity index (χ0v) is 22.8. The molecule has 1 saturated carbocycles. The van der Waals surface area contributed by atoms with E-state index in [2.05, 4.69) is 25.6 Å². The number of nitrogens with zero attached hydrogens (tertiary/aromatic N) is 7. The molecule has 15 heteroatoms.